The molecule has 2 aromatic rings. The van der Waals surface area contributed by atoms with Crippen LogP contribution in [-0.4, -0.2) is 26.2 Å². The molecule has 0 aromatic carbocycles. The van der Waals surface area contributed by atoms with Crippen molar-refractivity contribution in [2.45, 2.75) is 5.16 Å². The summed E-state index contributed by atoms with van der Waals surface area (Å²) >= 11 is 1.38. The van der Waals surface area contributed by atoms with Gasteiger partial charge in [0.05, 0.1) is 6.20 Å². The molecule has 2 heterocycles. The van der Waals surface area contributed by atoms with Gasteiger partial charge in [0, 0.05) is 5.88 Å². The highest BCUT2D eigenvalue weighted by atomic mass is 32.2. The first kappa shape index (κ1) is 8.18. The quantitative estimate of drug-likeness (QED) is 0.476. The summed E-state index contributed by atoms with van der Waals surface area (Å²) in [6, 6.07) is 0. The Morgan fingerprint density at radius 1 is 1.31 bits per heavy atom. The molecule has 2 aromatic heterocycles. The fraction of sp³-hybridized carbons (Fsp3) is 0.143. The summed E-state index contributed by atoms with van der Waals surface area (Å²) in [7, 11) is 0. The second kappa shape index (κ2) is 3.14. The highest BCUT2D eigenvalue weighted by Gasteiger charge is 1.99. The second-order valence-electron chi connectivity index (χ2n) is 2.27. The average Bonchev–Trinajstić information content (AvgIpc) is 2.18. The first-order valence-corrected chi connectivity index (χ1v) is 4.72. The van der Waals surface area contributed by atoms with Crippen LogP contribution in [0.15, 0.2) is 17.7 Å². The first-order chi connectivity index (χ1) is 6.31. The van der Waals surface area contributed by atoms with Crippen molar-refractivity contribution in [1.82, 2.24) is 19.9 Å². The van der Waals surface area contributed by atoms with Crippen LogP contribution in [0.5, 0.6) is 5.88 Å². The maximum atomic E-state index is 11.2. The van der Waals surface area contributed by atoms with E-state index in [-0.39, 0.29) is 11.4 Å². The van der Waals surface area contributed by atoms with Gasteiger partial charge in [-0.2, -0.15) is 0 Å². The summed E-state index contributed by atoms with van der Waals surface area (Å²) < 4.78 is 0. The molecule has 0 unspecified atom stereocenters. The standard InChI is InChI=1S/C7H6N4OS/c1-13-7-8-2-4-5(11-7)6(12)10-3-9-4/h2-3H,1H3,(H,9,10,12)/p-1. The zero-order valence-corrected chi connectivity index (χ0v) is 7.58. The van der Waals surface area contributed by atoms with E-state index < -0.39 is 0 Å². The van der Waals surface area contributed by atoms with Crippen molar-refractivity contribution in [2.75, 3.05) is 6.26 Å². The van der Waals surface area contributed by atoms with Crippen molar-refractivity contribution in [3.8, 4) is 5.88 Å². The fourth-order valence-electron chi connectivity index (χ4n) is 0.914. The number of hydrogen-bond acceptors (Lipinski definition) is 6. The normalized spacial score (nSPS) is 10.5. The number of thioether (sulfide) groups is 1. The van der Waals surface area contributed by atoms with E-state index in [1.807, 2.05) is 6.26 Å². The van der Waals surface area contributed by atoms with Gasteiger partial charge < -0.3 is 5.11 Å². The summed E-state index contributed by atoms with van der Waals surface area (Å²) in [6.45, 7) is 0. The zero-order chi connectivity index (χ0) is 9.26. The monoisotopic (exact) mass is 193 g/mol. The predicted octanol–water partition coefficient (Wildman–Crippen LogP) is 0.215. The van der Waals surface area contributed by atoms with Gasteiger partial charge >= 0.3 is 0 Å². The Morgan fingerprint density at radius 3 is 2.92 bits per heavy atom. The van der Waals surface area contributed by atoms with E-state index >= 15 is 0 Å². The summed E-state index contributed by atoms with van der Waals surface area (Å²) in [6.07, 6.45) is 4.58. The lowest BCUT2D eigenvalue weighted by atomic mass is 10.4. The van der Waals surface area contributed by atoms with E-state index in [2.05, 4.69) is 19.9 Å². The van der Waals surface area contributed by atoms with Gasteiger partial charge in [-0.05, 0) is 6.26 Å². The lowest BCUT2D eigenvalue weighted by Crippen LogP contribution is -1.99. The zero-order valence-electron chi connectivity index (χ0n) is 6.76. The molecule has 0 amide bonds. The molecule has 0 N–H and O–H groups in total. The molecule has 0 aliphatic rings. The Morgan fingerprint density at radius 2 is 2.15 bits per heavy atom. The van der Waals surface area contributed by atoms with Crippen LogP contribution in [0.25, 0.3) is 11.0 Å². The Kier molecular flexibility index (Phi) is 1.97. The van der Waals surface area contributed by atoms with E-state index in [1.54, 1.807) is 0 Å². The summed E-state index contributed by atoms with van der Waals surface area (Å²) in [4.78, 5) is 15.4. The van der Waals surface area contributed by atoms with Gasteiger partial charge in [0.25, 0.3) is 0 Å². The molecule has 0 fully saturated rings. The van der Waals surface area contributed by atoms with Crippen LogP contribution in [0.2, 0.25) is 0 Å². The van der Waals surface area contributed by atoms with Crippen LogP contribution in [0.4, 0.5) is 0 Å². The van der Waals surface area contributed by atoms with Crippen molar-refractivity contribution in [3.05, 3.63) is 12.5 Å². The van der Waals surface area contributed by atoms with Crippen LogP contribution < -0.4 is 5.11 Å². The highest BCUT2D eigenvalue weighted by Crippen LogP contribution is 2.17. The molecular formula is C7H5N4OS-. The molecule has 2 rings (SSSR count). The van der Waals surface area contributed by atoms with Crippen LogP contribution in [0.1, 0.15) is 0 Å². The van der Waals surface area contributed by atoms with Crippen molar-refractivity contribution >= 4 is 22.8 Å². The smallest absolute Gasteiger partial charge is 0.187 e. The van der Waals surface area contributed by atoms with E-state index in [1.165, 1.54) is 24.3 Å². The lowest BCUT2D eigenvalue weighted by molar-refractivity contribution is -0.272. The Hall–Kier alpha value is -1.43. The Labute approximate surface area is 78.3 Å². The van der Waals surface area contributed by atoms with Gasteiger partial charge in [0.2, 0.25) is 0 Å². The largest absolute Gasteiger partial charge is 0.857 e. The summed E-state index contributed by atoms with van der Waals surface area (Å²) in [5, 5.41) is 11.8. The molecule has 0 saturated carbocycles. The average molecular weight is 193 g/mol. The molecule has 0 atom stereocenters. The van der Waals surface area contributed by atoms with Crippen LogP contribution >= 0.6 is 11.8 Å². The lowest BCUT2D eigenvalue weighted by Gasteiger charge is -2.06. The first-order valence-electron chi connectivity index (χ1n) is 3.50. The van der Waals surface area contributed by atoms with Crippen molar-refractivity contribution in [1.29, 1.82) is 0 Å². The van der Waals surface area contributed by atoms with Crippen LogP contribution in [-0.2, 0) is 0 Å². The molecule has 0 bridgehead atoms. The predicted molar refractivity (Wildman–Crippen MR) is 46.4 cm³/mol. The molecule has 5 nitrogen and oxygen atoms in total. The molecule has 0 aliphatic carbocycles. The summed E-state index contributed by atoms with van der Waals surface area (Å²) in [5.74, 6) is -0.359. The van der Waals surface area contributed by atoms with Crippen molar-refractivity contribution in [3.63, 3.8) is 0 Å². The maximum absolute atomic E-state index is 11.2. The van der Waals surface area contributed by atoms with E-state index in [9.17, 15) is 5.11 Å². The van der Waals surface area contributed by atoms with Crippen LogP contribution in [0.3, 0.4) is 0 Å². The molecule has 0 radical (unpaired) electrons. The number of aromatic nitrogens is 4. The number of nitrogens with zero attached hydrogens (tertiary/aromatic N) is 4. The Bertz CT molecular complexity index is 447. The van der Waals surface area contributed by atoms with E-state index in [0.717, 1.165) is 0 Å². The topological polar surface area (TPSA) is 74.6 Å². The van der Waals surface area contributed by atoms with E-state index in [0.29, 0.717) is 10.7 Å². The number of hydrogen-bond donors (Lipinski definition) is 0. The van der Waals surface area contributed by atoms with E-state index in [4.69, 9.17) is 0 Å². The number of fused-ring (bicyclic) bond motifs is 1. The third kappa shape index (κ3) is 1.40. The Balaban J connectivity index is 2.74. The maximum Gasteiger partial charge on any atom is 0.187 e. The van der Waals surface area contributed by atoms with Gasteiger partial charge in [0.15, 0.2) is 5.16 Å². The highest BCUT2D eigenvalue weighted by molar-refractivity contribution is 7.98. The van der Waals surface area contributed by atoms with Crippen molar-refractivity contribution in [2.24, 2.45) is 0 Å². The molecule has 6 heteroatoms. The van der Waals surface area contributed by atoms with Crippen molar-refractivity contribution < 1.29 is 5.11 Å². The molecule has 0 aliphatic heterocycles. The minimum atomic E-state index is -0.359. The number of rotatable bonds is 1. The van der Waals surface area contributed by atoms with Gasteiger partial charge in [-0.15, -0.1) is 0 Å². The third-order valence-electron chi connectivity index (χ3n) is 1.50. The van der Waals surface area contributed by atoms with Gasteiger partial charge in [0.1, 0.15) is 17.4 Å². The minimum Gasteiger partial charge on any atom is -0.857 e. The molecule has 66 valence electrons. The molecular weight excluding hydrogens is 188 g/mol. The minimum absolute atomic E-state index is 0.279. The summed E-state index contributed by atoms with van der Waals surface area (Å²) in [5.41, 5.74) is 0.764. The molecule has 0 spiro atoms. The SMILES string of the molecule is CSc1ncc2ncnc([O-])c2n1. The van der Waals surface area contributed by atoms with Gasteiger partial charge in [-0.1, -0.05) is 11.8 Å². The molecule has 13 heavy (non-hydrogen) atoms. The van der Waals surface area contributed by atoms with Gasteiger partial charge in [-0.25, -0.2) is 15.0 Å². The van der Waals surface area contributed by atoms with Crippen LogP contribution in [0, 0.1) is 0 Å². The van der Waals surface area contributed by atoms with Gasteiger partial charge in [-0.3, -0.25) is 4.98 Å². The fourth-order valence-corrected chi connectivity index (χ4v) is 1.25. The second-order valence-corrected chi connectivity index (χ2v) is 3.04. The molecule has 0 saturated heterocycles. The third-order valence-corrected chi connectivity index (χ3v) is 2.07.